The summed E-state index contributed by atoms with van der Waals surface area (Å²) in [5.41, 5.74) is 2.69. The van der Waals surface area contributed by atoms with E-state index in [4.69, 9.17) is 4.74 Å². The van der Waals surface area contributed by atoms with Crippen LogP contribution >= 0.6 is 0 Å². The van der Waals surface area contributed by atoms with E-state index in [0.717, 1.165) is 51.5 Å². The molecular weight excluding hydrogens is 298 g/mol. The molecule has 0 atom stereocenters. The summed E-state index contributed by atoms with van der Waals surface area (Å²) < 4.78 is 5.75. The van der Waals surface area contributed by atoms with E-state index < -0.39 is 0 Å². The van der Waals surface area contributed by atoms with E-state index >= 15 is 0 Å². The summed E-state index contributed by atoms with van der Waals surface area (Å²) in [5, 5.41) is 0. The van der Waals surface area contributed by atoms with Gasteiger partial charge in [-0.1, -0.05) is 38.1 Å². The summed E-state index contributed by atoms with van der Waals surface area (Å²) in [4.78, 5) is 14.1. The highest BCUT2D eigenvalue weighted by atomic mass is 16.5. The topological polar surface area (TPSA) is 29.5 Å². The maximum Gasteiger partial charge on any atom is 0.225 e. The Kier molecular flexibility index (Phi) is 5.94. The number of hydrogen-bond acceptors (Lipinski definition) is 2. The summed E-state index contributed by atoms with van der Waals surface area (Å²) in [5.74, 6) is 1.97. The highest BCUT2D eigenvalue weighted by molar-refractivity contribution is 5.78. The second-order valence-corrected chi connectivity index (χ2v) is 7.90. The molecule has 24 heavy (non-hydrogen) atoms. The van der Waals surface area contributed by atoms with Crippen molar-refractivity contribution < 1.29 is 9.53 Å². The van der Waals surface area contributed by atoms with E-state index in [-0.39, 0.29) is 5.92 Å². The first-order chi connectivity index (χ1) is 11.6. The van der Waals surface area contributed by atoms with Crippen LogP contribution in [0, 0.1) is 17.8 Å². The van der Waals surface area contributed by atoms with Crippen LogP contribution in [0.3, 0.4) is 0 Å². The van der Waals surface area contributed by atoms with Crippen LogP contribution in [-0.4, -0.2) is 30.5 Å². The average Bonchev–Trinajstić information content (AvgIpc) is 3.41. The Morgan fingerprint density at radius 1 is 1.04 bits per heavy atom. The van der Waals surface area contributed by atoms with Crippen molar-refractivity contribution in [1.82, 2.24) is 4.90 Å². The Hall–Kier alpha value is -1.35. The third-order valence-corrected chi connectivity index (χ3v) is 5.29. The number of benzene rings is 1. The third-order valence-electron chi connectivity index (χ3n) is 5.29. The zero-order valence-corrected chi connectivity index (χ0v) is 15.2. The van der Waals surface area contributed by atoms with Gasteiger partial charge < -0.3 is 9.64 Å². The van der Waals surface area contributed by atoms with Crippen LogP contribution in [0.15, 0.2) is 24.3 Å². The van der Waals surface area contributed by atoms with Crippen molar-refractivity contribution in [2.24, 2.45) is 17.8 Å². The molecule has 0 bridgehead atoms. The molecule has 3 heteroatoms. The van der Waals surface area contributed by atoms with Gasteiger partial charge in [0.2, 0.25) is 5.91 Å². The van der Waals surface area contributed by atoms with Gasteiger partial charge in [0.15, 0.2) is 0 Å². The van der Waals surface area contributed by atoms with Crippen molar-refractivity contribution in [3.05, 3.63) is 35.4 Å². The highest BCUT2D eigenvalue weighted by Crippen LogP contribution is 2.29. The van der Waals surface area contributed by atoms with E-state index in [2.05, 4.69) is 24.3 Å². The summed E-state index contributed by atoms with van der Waals surface area (Å²) in [6, 6.07) is 8.92. The first-order valence-electron chi connectivity index (χ1n) is 9.56. The van der Waals surface area contributed by atoms with Crippen molar-refractivity contribution in [2.75, 3.05) is 19.7 Å². The highest BCUT2D eigenvalue weighted by Gasteiger charge is 2.24. The van der Waals surface area contributed by atoms with Gasteiger partial charge in [-0.2, -0.15) is 0 Å². The van der Waals surface area contributed by atoms with E-state index in [0.29, 0.717) is 11.8 Å². The summed E-state index contributed by atoms with van der Waals surface area (Å²) in [7, 11) is 0. The molecule has 1 aliphatic heterocycles. The smallest absolute Gasteiger partial charge is 0.225 e. The minimum Gasteiger partial charge on any atom is -0.376 e. The number of piperidine rings is 1. The minimum atomic E-state index is 0.122. The number of hydrogen-bond donors (Lipinski definition) is 0. The van der Waals surface area contributed by atoms with E-state index in [1.807, 2.05) is 18.7 Å². The van der Waals surface area contributed by atoms with Crippen LogP contribution in [0.25, 0.3) is 0 Å². The molecule has 3 nitrogen and oxygen atoms in total. The lowest BCUT2D eigenvalue weighted by molar-refractivity contribution is -0.135. The number of carbonyl (C=O) groups excluding carboxylic acids is 1. The molecule has 0 aromatic heterocycles. The maximum absolute atomic E-state index is 12.0. The standard InChI is InChI=1S/C21H31NO2/c1-16(2)21(23)22-11-9-18(10-12-22)13-17-3-5-19(6-4-17)14-24-15-20-7-8-20/h3-6,16,18,20H,7-15H2,1-2H3. The molecule has 0 unspecified atom stereocenters. The van der Waals surface area contributed by atoms with Gasteiger partial charge in [-0.05, 0) is 55.1 Å². The molecule has 1 amide bonds. The van der Waals surface area contributed by atoms with E-state index in [9.17, 15) is 4.79 Å². The molecule has 3 rings (SSSR count). The summed E-state index contributed by atoms with van der Waals surface area (Å²) >= 11 is 0. The molecule has 0 radical (unpaired) electrons. The van der Waals surface area contributed by atoms with E-state index in [1.54, 1.807) is 0 Å². The molecule has 132 valence electrons. The number of amides is 1. The zero-order valence-electron chi connectivity index (χ0n) is 15.2. The van der Waals surface area contributed by atoms with E-state index in [1.165, 1.54) is 24.0 Å². The largest absolute Gasteiger partial charge is 0.376 e. The maximum atomic E-state index is 12.0. The van der Waals surface area contributed by atoms with Crippen LogP contribution in [0.4, 0.5) is 0 Å². The molecule has 1 saturated carbocycles. The molecule has 1 aromatic carbocycles. The Morgan fingerprint density at radius 2 is 1.67 bits per heavy atom. The van der Waals surface area contributed by atoms with Crippen molar-refractivity contribution in [1.29, 1.82) is 0 Å². The van der Waals surface area contributed by atoms with Gasteiger partial charge in [0.25, 0.3) is 0 Å². The van der Waals surface area contributed by atoms with Gasteiger partial charge in [0.1, 0.15) is 0 Å². The molecule has 2 aliphatic rings. The number of carbonyl (C=O) groups is 1. The van der Waals surface area contributed by atoms with Gasteiger partial charge >= 0.3 is 0 Å². The molecular formula is C21H31NO2. The molecule has 1 heterocycles. The van der Waals surface area contributed by atoms with Crippen LogP contribution in [0.5, 0.6) is 0 Å². The van der Waals surface area contributed by atoms with Gasteiger partial charge in [-0.25, -0.2) is 0 Å². The van der Waals surface area contributed by atoms with Crippen LogP contribution in [0.1, 0.15) is 50.7 Å². The summed E-state index contributed by atoms with van der Waals surface area (Å²) in [6.07, 6.45) is 6.09. The van der Waals surface area contributed by atoms with Crippen LogP contribution in [-0.2, 0) is 22.6 Å². The zero-order chi connectivity index (χ0) is 16.9. The molecule has 0 spiro atoms. The number of ether oxygens (including phenoxy) is 1. The lowest BCUT2D eigenvalue weighted by atomic mass is 9.89. The second-order valence-electron chi connectivity index (χ2n) is 7.90. The predicted molar refractivity (Wildman–Crippen MR) is 96.7 cm³/mol. The van der Waals surface area contributed by atoms with Gasteiger partial charge in [0.05, 0.1) is 6.61 Å². The molecule has 0 N–H and O–H groups in total. The first-order valence-corrected chi connectivity index (χ1v) is 9.56. The fraction of sp³-hybridized carbons (Fsp3) is 0.667. The van der Waals surface area contributed by atoms with Crippen molar-refractivity contribution in [3.63, 3.8) is 0 Å². The third kappa shape index (κ3) is 5.07. The molecule has 1 aromatic rings. The lowest BCUT2D eigenvalue weighted by Crippen LogP contribution is -2.40. The number of likely N-dealkylation sites (tertiary alicyclic amines) is 1. The second kappa shape index (κ2) is 8.15. The van der Waals surface area contributed by atoms with Gasteiger partial charge in [0, 0.05) is 25.6 Å². The lowest BCUT2D eigenvalue weighted by Gasteiger charge is -2.33. The summed E-state index contributed by atoms with van der Waals surface area (Å²) in [6.45, 7) is 7.50. The minimum absolute atomic E-state index is 0.122. The quantitative estimate of drug-likeness (QED) is 0.755. The van der Waals surface area contributed by atoms with Gasteiger partial charge in [-0.15, -0.1) is 0 Å². The molecule has 2 fully saturated rings. The van der Waals surface area contributed by atoms with Crippen molar-refractivity contribution >= 4 is 5.91 Å². The predicted octanol–water partition coefficient (Wildman–Crippen LogP) is 4.05. The average molecular weight is 329 g/mol. The Bertz CT molecular complexity index is 525. The first kappa shape index (κ1) is 17.5. The monoisotopic (exact) mass is 329 g/mol. The SMILES string of the molecule is CC(C)C(=O)N1CCC(Cc2ccc(COCC3CC3)cc2)CC1. The fourth-order valence-electron chi connectivity index (χ4n) is 3.46. The number of rotatable bonds is 7. The van der Waals surface area contributed by atoms with Gasteiger partial charge in [-0.3, -0.25) is 4.79 Å². The Labute approximate surface area is 146 Å². The van der Waals surface area contributed by atoms with Crippen molar-refractivity contribution in [3.8, 4) is 0 Å². The Balaban J connectivity index is 1.40. The van der Waals surface area contributed by atoms with Crippen LogP contribution < -0.4 is 0 Å². The number of nitrogens with zero attached hydrogens (tertiary/aromatic N) is 1. The fourth-order valence-corrected chi connectivity index (χ4v) is 3.46. The normalized spacial score (nSPS) is 19.0. The van der Waals surface area contributed by atoms with Crippen LogP contribution in [0.2, 0.25) is 0 Å². The molecule has 1 aliphatic carbocycles. The molecule has 1 saturated heterocycles. The van der Waals surface area contributed by atoms with Crippen molar-refractivity contribution in [2.45, 2.75) is 52.6 Å². The Morgan fingerprint density at radius 3 is 2.25 bits per heavy atom.